The highest BCUT2D eigenvalue weighted by molar-refractivity contribution is 6.06. The molecule has 2 aliphatic rings. The zero-order chi connectivity index (χ0) is 24.1. The van der Waals surface area contributed by atoms with Gasteiger partial charge in [0.2, 0.25) is 12.7 Å². The summed E-state index contributed by atoms with van der Waals surface area (Å²) in [5.74, 6) is 0.773. The van der Waals surface area contributed by atoms with Crippen LogP contribution in [0.4, 0.5) is 17.3 Å². The Balaban J connectivity index is 1.59. The van der Waals surface area contributed by atoms with E-state index in [1.807, 2.05) is 47.0 Å². The quantitative estimate of drug-likeness (QED) is 0.331. The summed E-state index contributed by atoms with van der Waals surface area (Å²) in [7, 11) is 0. The van der Waals surface area contributed by atoms with Gasteiger partial charge in [0.1, 0.15) is 6.04 Å². The van der Waals surface area contributed by atoms with Gasteiger partial charge in [-0.25, -0.2) is 4.98 Å². The van der Waals surface area contributed by atoms with E-state index in [2.05, 4.69) is 15.6 Å². The number of carbonyl (C=O) groups is 1. The first-order valence-electron chi connectivity index (χ1n) is 10.9. The molecule has 0 fully saturated rings. The van der Waals surface area contributed by atoms with Crippen molar-refractivity contribution in [2.24, 2.45) is 0 Å². The summed E-state index contributed by atoms with van der Waals surface area (Å²) >= 11 is 0. The molecule has 10 heteroatoms. The lowest BCUT2D eigenvalue weighted by Gasteiger charge is -2.30. The van der Waals surface area contributed by atoms with E-state index in [0.717, 1.165) is 5.52 Å². The van der Waals surface area contributed by atoms with E-state index in [1.165, 1.54) is 6.07 Å². The molecule has 1 unspecified atom stereocenters. The average Bonchev–Trinajstić information content (AvgIpc) is 3.46. The van der Waals surface area contributed by atoms with E-state index in [0.29, 0.717) is 45.5 Å². The summed E-state index contributed by atoms with van der Waals surface area (Å²) in [5.41, 5.74) is 3.01. The first-order valence-corrected chi connectivity index (χ1v) is 10.9. The number of hydrogen-bond donors (Lipinski definition) is 2. The topological polar surface area (TPSA) is 121 Å². The Morgan fingerprint density at radius 2 is 1.83 bits per heavy atom. The summed E-state index contributed by atoms with van der Waals surface area (Å²) in [6, 6.07) is 18.6. The van der Waals surface area contributed by atoms with Gasteiger partial charge in [0.05, 0.1) is 33.2 Å². The Morgan fingerprint density at radius 3 is 2.60 bits per heavy atom. The number of para-hydroxylation sites is 3. The fraction of sp³-hybridized carbons (Fsp3) is 0.120. The lowest BCUT2D eigenvalue weighted by atomic mass is 9.92. The standard InChI is InChI=1S/C25H19N5O5/c1-14-22(24(31)27-15-7-3-2-4-8-15)23(29-18-10-6-5-9-17(18)28-25(29)26-14)16-11-20-21(35-13-34-20)12-19(16)30(32)33/h2-12,23H,13H2,1H3,(H,26,28)(H,27,31). The highest BCUT2D eigenvalue weighted by atomic mass is 16.7. The van der Waals surface area contributed by atoms with Gasteiger partial charge in [-0.2, -0.15) is 0 Å². The first kappa shape index (κ1) is 20.7. The SMILES string of the molecule is CC1=C(C(=O)Nc2ccccc2)C(c2cc3c(cc2[N+](=O)[O-])OCO3)n2c(nc3ccccc32)N1. The molecule has 0 saturated heterocycles. The van der Waals surface area contributed by atoms with Gasteiger partial charge in [-0.1, -0.05) is 30.3 Å². The van der Waals surface area contributed by atoms with Crippen molar-refractivity contribution in [3.8, 4) is 11.5 Å². The summed E-state index contributed by atoms with van der Waals surface area (Å²) in [6.07, 6.45) is 0. The second-order valence-corrected chi connectivity index (χ2v) is 8.20. The van der Waals surface area contributed by atoms with Gasteiger partial charge in [0, 0.05) is 11.4 Å². The zero-order valence-electron chi connectivity index (χ0n) is 18.5. The molecule has 1 aromatic heterocycles. The van der Waals surface area contributed by atoms with Gasteiger partial charge in [-0.3, -0.25) is 19.5 Å². The Hall–Kier alpha value is -4.86. The molecular weight excluding hydrogens is 450 g/mol. The summed E-state index contributed by atoms with van der Waals surface area (Å²) in [6.45, 7) is 1.73. The number of hydrogen-bond acceptors (Lipinski definition) is 7. The van der Waals surface area contributed by atoms with Crippen LogP contribution in [0.25, 0.3) is 11.0 Å². The third-order valence-corrected chi connectivity index (χ3v) is 6.12. The normalized spacial score (nSPS) is 16.1. The summed E-state index contributed by atoms with van der Waals surface area (Å²) < 4.78 is 12.7. The van der Waals surface area contributed by atoms with Crippen molar-refractivity contribution < 1.29 is 19.2 Å². The number of imidazole rings is 1. The highest BCUT2D eigenvalue weighted by Gasteiger charge is 2.39. The molecule has 3 aromatic carbocycles. The molecule has 2 N–H and O–H groups in total. The van der Waals surface area contributed by atoms with Crippen LogP contribution in [-0.4, -0.2) is 27.2 Å². The number of fused-ring (bicyclic) bond motifs is 4. The molecule has 10 nitrogen and oxygen atoms in total. The van der Waals surface area contributed by atoms with Gasteiger partial charge < -0.3 is 20.1 Å². The number of ether oxygens (including phenoxy) is 2. The van der Waals surface area contributed by atoms with Crippen LogP contribution in [0.15, 0.2) is 78.0 Å². The largest absolute Gasteiger partial charge is 0.454 e. The highest BCUT2D eigenvalue weighted by Crippen LogP contribution is 2.46. The Bertz CT molecular complexity index is 1540. The molecule has 0 bridgehead atoms. The number of allylic oxidation sites excluding steroid dienone is 1. The zero-order valence-corrected chi connectivity index (χ0v) is 18.5. The van der Waals surface area contributed by atoms with Crippen molar-refractivity contribution in [1.82, 2.24) is 9.55 Å². The Labute approximate surface area is 198 Å². The average molecular weight is 469 g/mol. The number of amides is 1. The second kappa shape index (κ2) is 7.87. The third-order valence-electron chi connectivity index (χ3n) is 6.12. The monoisotopic (exact) mass is 469 g/mol. The number of nitrogens with one attached hydrogen (secondary N) is 2. The number of nitro benzene ring substituents is 1. The van der Waals surface area contributed by atoms with E-state index >= 15 is 0 Å². The van der Waals surface area contributed by atoms with Gasteiger partial charge in [-0.05, 0) is 37.3 Å². The van der Waals surface area contributed by atoms with Crippen LogP contribution in [-0.2, 0) is 4.79 Å². The van der Waals surface area contributed by atoms with Crippen molar-refractivity contribution in [3.63, 3.8) is 0 Å². The van der Waals surface area contributed by atoms with Crippen molar-refractivity contribution in [1.29, 1.82) is 0 Å². The van der Waals surface area contributed by atoms with Crippen LogP contribution in [0.3, 0.4) is 0 Å². The predicted octanol–water partition coefficient (Wildman–Crippen LogP) is 4.60. The minimum atomic E-state index is -0.850. The maximum atomic E-state index is 13.7. The Kier molecular flexibility index (Phi) is 4.66. The molecule has 0 radical (unpaired) electrons. The van der Waals surface area contributed by atoms with Crippen LogP contribution in [0.1, 0.15) is 18.5 Å². The predicted molar refractivity (Wildman–Crippen MR) is 128 cm³/mol. The van der Waals surface area contributed by atoms with Crippen LogP contribution in [0, 0.1) is 10.1 Å². The van der Waals surface area contributed by atoms with E-state index in [4.69, 9.17) is 9.47 Å². The minimum absolute atomic E-state index is 0.0301. The first-order chi connectivity index (χ1) is 17.0. The molecular formula is C25H19N5O5. The lowest BCUT2D eigenvalue weighted by molar-refractivity contribution is -0.385. The summed E-state index contributed by atoms with van der Waals surface area (Å²) in [4.78, 5) is 30.0. The smallest absolute Gasteiger partial charge is 0.279 e. The number of benzene rings is 3. The van der Waals surface area contributed by atoms with E-state index in [-0.39, 0.29) is 18.4 Å². The number of nitrogens with zero attached hydrogens (tertiary/aromatic N) is 3. The number of rotatable bonds is 4. The second-order valence-electron chi connectivity index (χ2n) is 8.20. The van der Waals surface area contributed by atoms with Crippen molar-refractivity contribution >= 4 is 34.3 Å². The molecule has 1 atom stereocenters. The van der Waals surface area contributed by atoms with Crippen molar-refractivity contribution in [2.75, 3.05) is 17.4 Å². The molecule has 4 aromatic rings. The maximum absolute atomic E-state index is 13.7. The van der Waals surface area contributed by atoms with Gasteiger partial charge in [-0.15, -0.1) is 0 Å². The molecule has 0 saturated carbocycles. The Morgan fingerprint density at radius 1 is 1.11 bits per heavy atom. The molecule has 2 aliphatic heterocycles. The van der Waals surface area contributed by atoms with E-state index < -0.39 is 11.0 Å². The molecule has 0 aliphatic carbocycles. The van der Waals surface area contributed by atoms with Crippen LogP contribution in [0.2, 0.25) is 0 Å². The third kappa shape index (κ3) is 3.34. The fourth-order valence-electron chi connectivity index (χ4n) is 4.60. The molecule has 35 heavy (non-hydrogen) atoms. The summed E-state index contributed by atoms with van der Waals surface area (Å²) in [5, 5.41) is 18.3. The molecule has 174 valence electrons. The van der Waals surface area contributed by atoms with Gasteiger partial charge in [0.25, 0.3) is 11.6 Å². The number of nitro groups is 1. The maximum Gasteiger partial charge on any atom is 0.279 e. The van der Waals surface area contributed by atoms with Crippen molar-refractivity contribution in [3.05, 3.63) is 93.7 Å². The molecule has 1 amide bonds. The molecule has 6 rings (SSSR count). The number of anilines is 2. The lowest BCUT2D eigenvalue weighted by Crippen LogP contribution is -2.31. The molecule has 3 heterocycles. The van der Waals surface area contributed by atoms with Gasteiger partial charge >= 0.3 is 0 Å². The molecule has 0 spiro atoms. The van der Waals surface area contributed by atoms with E-state index in [9.17, 15) is 14.9 Å². The van der Waals surface area contributed by atoms with Crippen LogP contribution in [0.5, 0.6) is 11.5 Å². The van der Waals surface area contributed by atoms with Crippen molar-refractivity contribution in [2.45, 2.75) is 13.0 Å². The number of aromatic nitrogens is 2. The van der Waals surface area contributed by atoms with Crippen LogP contribution >= 0.6 is 0 Å². The minimum Gasteiger partial charge on any atom is -0.454 e. The van der Waals surface area contributed by atoms with Crippen LogP contribution < -0.4 is 20.1 Å². The van der Waals surface area contributed by atoms with Gasteiger partial charge in [0.15, 0.2) is 11.5 Å². The number of carbonyl (C=O) groups excluding carboxylic acids is 1. The van der Waals surface area contributed by atoms with E-state index in [1.54, 1.807) is 25.1 Å². The fourth-order valence-corrected chi connectivity index (χ4v) is 4.60.